The van der Waals surface area contributed by atoms with Gasteiger partial charge in [-0.15, -0.1) is 0 Å². The van der Waals surface area contributed by atoms with E-state index in [4.69, 9.17) is 4.74 Å². The Hall–Kier alpha value is -1.54. The highest BCUT2D eigenvalue weighted by molar-refractivity contribution is 5.88. The van der Waals surface area contributed by atoms with Crippen LogP contribution in [0, 0.1) is 5.92 Å². The predicted octanol–water partition coefficient (Wildman–Crippen LogP) is 4.29. The summed E-state index contributed by atoms with van der Waals surface area (Å²) in [5.74, 6) is 1.82. The van der Waals surface area contributed by atoms with Crippen molar-refractivity contribution in [1.29, 1.82) is 0 Å². The molecule has 0 amide bonds. The average Bonchev–Trinajstić information content (AvgIpc) is 2.49. The lowest BCUT2D eigenvalue weighted by Gasteiger charge is -2.27. The molecule has 0 spiro atoms. The summed E-state index contributed by atoms with van der Waals surface area (Å²) in [4.78, 5) is 0. The molecule has 0 atom stereocenters. The Kier molecular flexibility index (Phi) is 3.93. The minimum absolute atomic E-state index is 0.0849. The van der Waals surface area contributed by atoms with Crippen molar-refractivity contribution in [2.45, 2.75) is 45.3 Å². The maximum atomic E-state index is 9.22. The smallest absolute Gasteiger partial charge is 0.127 e. The molecule has 0 saturated heterocycles. The van der Waals surface area contributed by atoms with Crippen LogP contribution in [-0.4, -0.2) is 11.2 Å². The van der Waals surface area contributed by atoms with Crippen LogP contribution in [0.25, 0.3) is 10.8 Å². The van der Waals surface area contributed by atoms with Crippen molar-refractivity contribution in [3.63, 3.8) is 0 Å². The minimum Gasteiger partial charge on any atom is -0.490 e. The van der Waals surface area contributed by atoms with Crippen LogP contribution in [0.5, 0.6) is 5.75 Å². The fourth-order valence-corrected chi connectivity index (χ4v) is 3.03. The first-order valence-corrected chi connectivity index (χ1v) is 7.55. The van der Waals surface area contributed by atoms with Crippen molar-refractivity contribution in [3.8, 4) is 5.75 Å². The van der Waals surface area contributed by atoms with Gasteiger partial charge in [-0.1, -0.05) is 31.2 Å². The van der Waals surface area contributed by atoms with E-state index < -0.39 is 0 Å². The normalized spacial score (nSPS) is 22.9. The number of benzene rings is 2. The Morgan fingerprint density at radius 2 is 1.90 bits per heavy atom. The van der Waals surface area contributed by atoms with E-state index >= 15 is 0 Å². The molecule has 106 valence electrons. The largest absolute Gasteiger partial charge is 0.490 e. The molecule has 0 bridgehead atoms. The molecule has 1 saturated carbocycles. The first-order chi connectivity index (χ1) is 9.76. The molecule has 3 rings (SSSR count). The third-order valence-corrected chi connectivity index (χ3v) is 4.34. The van der Waals surface area contributed by atoms with Gasteiger partial charge in [0.2, 0.25) is 0 Å². The van der Waals surface area contributed by atoms with Crippen molar-refractivity contribution < 1.29 is 9.84 Å². The van der Waals surface area contributed by atoms with E-state index in [1.165, 1.54) is 12.8 Å². The molecule has 2 heteroatoms. The third kappa shape index (κ3) is 2.80. The SMILES string of the molecule is CC1CCC(Oc2cccc3cc(CO)ccc23)CC1. The monoisotopic (exact) mass is 270 g/mol. The summed E-state index contributed by atoms with van der Waals surface area (Å²) in [5, 5.41) is 11.5. The van der Waals surface area contributed by atoms with E-state index in [0.717, 1.165) is 40.8 Å². The molecule has 2 aromatic rings. The predicted molar refractivity (Wildman–Crippen MR) is 81.9 cm³/mol. The molecule has 1 aliphatic rings. The number of aliphatic hydroxyl groups excluding tert-OH is 1. The van der Waals surface area contributed by atoms with Gasteiger partial charge in [0.15, 0.2) is 0 Å². The molecule has 1 N–H and O–H groups in total. The third-order valence-electron chi connectivity index (χ3n) is 4.34. The second-order valence-corrected chi connectivity index (χ2v) is 5.97. The van der Waals surface area contributed by atoms with E-state index in [1.807, 2.05) is 18.2 Å². The summed E-state index contributed by atoms with van der Waals surface area (Å²) in [6.45, 7) is 2.41. The molecule has 0 aliphatic heterocycles. The van der Waals surface area contributed by atoms with Crippen LogP contribution in [0.1, 0.15) is 38.2 Å². The van der Waals surface area contributed by atoms with Crippen LogP contribution < -0.4 is 4.74 Å². The van der Waals surface area contributed by atoms with E-state index in [0.29, 0.717) is 6.10 Å². The van der Waals surface area contributed by atoms with Gasteiger partial charge in [0, 0.05) is 5.39 Å². The fourth-order valence-electron chi connectivity index (χ4n) is 3.03. The first-order valence-electron chi connectivity index (χ1n) is 7.55. The molecule has 0 unspecified atom stereocenters. The highest BCUT2D eigenvalue weighted by Gasteiger charge is 2.20. The van der Waals surface area contributed by atoms with Gasteiger partial charge >= 0.3 is 0 Å². The maximum absolute atomic E-state index is 9.22. The first kappa shape index (κ1) is 13.4. The molecular weight excluding hydrogens is 248 g/mol. The lowest BCUT2D eigenvalue weighted by atomic mass is 9.89. The summed E-state index contributed by atoms with van der Waals surface area (Å²) in [6, 6.07) is 12.2. The Labute approximate surface area is 120 Å². The molecule has 2 nitrogen and oxygen atoms in total. The van der Waals surface area contributed by atoms with Crippen LogP contribution in [0.4, 0.5) is 0 Å². The molecule has 1 fully saturated rings. The van der Waals surface area contributed by atoms with Crippen molar-refractivity contribution >= 4 is 10.8 Å². The zero-order chi connectivity index (χ0) is 13.9. The average molecular weight is 270 g/mol. The van der Waals surface area contributed by atoms with Gasteiger partial charge in [-0.05, 0) is 54.7 Å². The highest BCUT2D eigenvalue weighted by Crippen LogP contribution is 2.31. The zero-order valence-electron chi connectivity index (χ0n) is 12.0. The minimum atomic E-state index is 0.0849. The lowest BCUT2D eigenvalue weighted by Crippen LogP contribution is -2.23. The van der Waals surface area contributed by atoms with E-state index in [1.54, 1.807) is 0 Å². The van der Waals surface area contributed by atoms with Crippen LogP contribution >= 0.6 is 0 Å². The number of fused-ring (bicyclic) bond motifs is 1. The number of aliphatic hydroxyl groups is 1. The summed E-state index contributed by atoms with van der Waals surface area (Å²) < 4.78 is 6.23. The Bertz CT molecular complexity index is 583. The van der Waals surface area contributed by atoms with E-state index in [9.17, 15) is 5.11 Å². The van der Waals surface area contributed by atoms with Crippen LogP contribution in [0.2, 0.25) is 0 Å². The van der Waals surface area contributed by atoms with Crippen molar-refractivity contribution in [3.05, 3.63) is 42.0 Å². The van der Waals surface area contributed by atoms with Gasteiger partial charge in [0.05, 0.1) is 12.7 Å². The second-order valence-electron chi connectivity index (χ2n) is 5.97. The highest BCUT2D eigenvalue weighted by atomic mass is 16.5. The van der Waals surface area contributed by atoms with Crippen molar-refractivity contribution in [2.24, 2.45) is 5.92 Å². The molecule has 0 heterocycles. The van der Waals surface area contributed by atoms with E-state index in [-0.39, 0.29) is 6.61 Å². The number of rotatable bonds is 3. The second kappa shape index (κ2) is 5.84. The molecular formula is C18H22O2. The van der Waals surface area contributed by atoms with Gasteiger partial charge < -0.3 is 9.84 Å². The van der Waals surface area contributed by atoms with Crippen LogP contribution in [0.3, 0.4) is 0 Å². The van der Waals surface area contributed by atoms with Crippen LogP contribution in [0.15, 0.2) is 36.4 Å². The number of ether oxygens (including phenoxy) is 1. The van der Waals surface area contributed by atoms with Crippen molar-refractivity contribution in [1.82, 2.24) is 0 Å². The Balaban J connectivity index is 1.84. The standard InChI is InChI=1S/C18H22O2/c1-13-5-8-16(9-6-13)20-18-4-2-3-15-11-14(12-19)7-10-17(15)18/h2-4,7,10-11,13,16,19H,5-6,8-9,12H2,1H3. The lowest BCUT2D eigenvalue weighted by molar-refractivity contribution is 0.137. The van der Waals surface area contributed by atoms with Crippen LogP contribution in [-0.2, 0) is 6.61 Å². The summed E-state index contributed by atoms with van der Waals surface area (Å²) in [6.07, 6.45) is 5.21. The number of hydrogen-bond donors (Lipinski definition) is 1. The van der Waals surface area contributed by atoms with Gasteiger partial charge in [-0.2, -0.15) is 0 Å². The number of hydrogen-bond acceptors (Lipinski definition) is 2. The fraction of sp³-hybridized carbons (Fsp3) is 0.444. The zero-order valence-corrected chi connectivity index (χ0v) is 12.0. The molecule has 2 aromatic carbocycles. The Morgan fingerprint density at radius 3 is 2.65 bits per heavy atom. The maximum Gasteiger partial charge on any atom is 0.127 e. The quantitative estimate of drug-likeness (QED) is 0.901. The topological polar surface area (TPSA) is 29.5 Å². The van der Waals surface area contributed by atoms with E-state index in [2.05, 4.69) is 25.1 Å². The Morgan fingerprint density at radius 1 is 1.10 bits per heavy atom. The van der Waals surface area contributed by atoms with Gasteiger partial charge in [-0.3, -0.25) is 0 Å². The molecule has 20 heavy (non-hydrogen) atoms. The summed E-state index contributed by atoms with van der Waals surface area (Å²) >= 11 is 0. The van der Waals surface area contributed by atoms with Crippen molar-refractivity contribution in [2.75, 3.05) is 0 Å². The summed E-state index contributed by atoms with van der Waals surface area (Å²) in [7, 11) is 0. The van der Waals surface area contributed by atoms with Gasteiger partial charge in [0.1, 0.15) is 5.75 Å². The molecule has 1 aliphatic carbocycles. The molecule has 0 aromatic heterocycles. The van der Waals surface area contributed by atoms with Gasteiger partial charge in [-0.25, -0.2) is 0 Å². The molecule has 0 radical (unpaired) electrons. The van der Waals surface area contributed by atoms with Gasteiger partial charge in [0.25, 0.3) is 0 Å². The summed E-state index contributed by atoms with van der Waals surface area (Å²) in [5.41, 5.74) is 0.946.